The van der Waals surface area contributed by atoms with Crippen molar-refractivity contribution in [2.24, 2.45) is 0 Å². The quantitative estimate of drug-likeness (QED) is 0.711. The van der Waals surface area contributed by atoms with E-state index in [0.717, 1.165) is 31.7 Å². The second-order valence-electron chi connectivity index (χ2n) is 7.66. The highest BCUT2D eigenvalue weighted by Crippen LogP contribution is 2.20. The second kappa shape index (κ2) is 10.6. The van der Waals surface area contributed by atoms with Crippen LogP contribution in [0.2, 0.25) is 5.02 Å². The highest BCUT2D eigenvalue weighted by Gasteiger charge is 2.27. The Bertz CT molecular complexity index is 853. The zero-order valence-corrected chi connectivity index (χ0v) is 18.2. The third kappa shape index (κ3) is 6.05. The van der Waals surface area contributed by atoms with Gasteiger partial charge in [-0.05, 0) is 31.5 Å². The molecule has 1 heterocycles. The Morgan fingerprint density at radius 1 is 0.967 bits per heavy atom. The Balaban J connectivity index is 1.43. The molecule has 1 saturated heterocycles. The number of anilines is 1. The van der Waals surface area contributed by atoms with Crippen LogP contribution in [0.4, 0.5) is 5.69 Å². The third-order valence-corrected chi connectivity index (χ3v) is 5.84. The predicted molar refractivity (Wildman–Crippen MR) is 121 cm³/mol. The minimum absolute atomic E-state index is 0.0243. The van der Waals surface area contributed by atoms with Gasteiger partial charge in [-0.2, -0.15) is 0 Å². The van der Waals surface area contributed by atoms with Gasteiger partial charge in [-0.1, -0.05) is 54.1 Å². The fourth-order valence-corrected chi connectivity index (χ4v) is 3.77. The highest BCUT2D eigenvalue weighted by molar-refractivity contribution is 6.33. The molecule has 160 valence electrons. The summed E-state index contributed by atoms with van der Waals surface area (Å²) in [5.74, 6) is -0.0599. The summed E-state index contributed by atoms with van der Waals surface area (Å²) in [7, 11) is 0. The van der Waals surface area contributed by atoms with Crippen LogP contribution in [0.1, 0.15) is 25.5 Å². The number of carbonyl (C=O) groups is 2. The van der Waals surface area contributed by atoms with Crippen LogP contribution in [0.15, 0.2) is 54.6 Å². The molecule has 2 amide bonds. The maximum atomic E-state index is 12.7. The molecule has 0 radical (unpaired) electrons. The molecule has 0 bridgehead atoms. The van der Waals surface area contributed by atoms with E-state index in [0.29, 0.717) is 17.3 Å². The van der Waals surface area contributed by atoms with Crippen LogP contribution in [-0.4, -0.2) is 60.4 Å². The lowest BCUT2D eigenvalue weighted by Gasteiger charge is -2.37. The normalized spacial score (nSPS) is 17.2. The van der Waals surface area contributed by atoms with Gasteiger partial charge in [-0.25, -0.2) is 0 Å². The lowest BCUT2D eigenvalue weighted by atomic mass is 10.1. The van der Waals surface area contributed by atoms with E-state index in [1.165, 1.54) is 0 Å². The van der Waals surface area contributed by atoms with Gasteiger partial charge in [0.2, 0.25) is 11.8 Å². The van der Waals surface area contributed by atoms with Gasteiger partial charge < -0.3 is 10.6 Å². The molecular formula is C23H29ClN4O2. The zero-order chi connectivity index (χ0) is 21.5. The number of hydrogen-bond donors (Lipinski definition) is 2. The molecule has 30 heavy (non-hydrogen) atoms. The number of nitrogens with zero attached hydrogens (tertiary/aromatic N) is 2. The van der Waals surface area contributed by atoms with Crippen LogP contribution >= 0.6 is 11.6 Å². The van der Waals surface area contributed by atoms with Crippen molar-refractivity contribution in [1.29, 1.82) is 0 Å². The van der Waals surface area contributed by atoms with E-state index < -0.39 is 0 Å². The lowest BCUT2D eigenvalue weighted by molar-refractivity contribution is -0.127. The van der Waals surface area contributed by atoms with Crippen LogP contribution in [0.3, 0.4) is 0 Å². The fraction of sp³-hybridized carbons (Fsp3) is 0.391. The van der Waals surface area contributed by atoms with Gasteiger partial charge in [-0.3, -0.25) is 19.4 Å². The number of piperazine rings is 1. The lowest BCUT2D eigenvalue weighted by Crippen LogP contribution is -2.55. The predicted octanol–water partition coefficient (Wildman–Crippen LogP) is 3.16. The van der Waals surface area contributed by atoms with Gasteiger partial charge in [0.05, 0.1) is 29.3 Å². The Kier molecular flexibility index (Phi) is 7.85. The summed E-state index contributed by atoms with van der Waals surface area (Å²) in [6.45, 7) is 7.21. The van der Waals surface area contributed by atoms with Gasteiger partial charge in [0.1, 0.15) is 0 Å². The Morgan fingerprint density at radius 3 is 2.27 bits per heavy atom. The SMILES string of the molecule is C[C@H](C(=O)N[C@H](C)c1ccccc1)N1CCN(CC(=O)Nc2ccccc2Cl)CC1. The molecule has 1 fully saturated rings. The molecule has 3 rings (SSSR count). The largest absolute Gasteiger partial charge is 0.348 e. The minimum atomic E-state index is -0.213. The van der Waals surface area contributed by atoms with Crippen molar-refractivity contribution in [1.82, 2.24) is 15.1 Å². The number of halogens is 1. The first-order valence-electron chi connectivity index (χ1n) is 10.3. The Morgan fingerprint density at radius 2 is 1.60 bits per heavy atom. The van der Waals surface area contributed by atoms with E-state index in [9.17, 15) is 9.59 Å². The molecule has 0 unspecified atom stereocenters. The number of hydrogen-bond acceptors (Lipinski definition) is 4. The fourth-order valence-electron chi connectivity index (χ4n) is 3.59. The van der Waals surface area contributed by atoms with Gasteiger partial charge in [0.15, 0.2) is 0 Å². The number of amides is 2. The molecule has 0 aromatic heterocycles. The Hall–Kier alpha value is -2.41. The summed E-state index contributed by atoms with van der Waals surface area (Å²) in [6.07, 6.45) is 0. The number of benzene rings is 2. The van der Waals surface area contributed by atoms with E-state index >= 15 is 0 Å². The van der Waals surface area contributed by atoms with Gasteiger partial charge in [0, 0.05) is 26.2 Å². The van der Waals surface area contributed by atoms with Crippen molar-refractivity contribution in [2.45, 2.75) is 25.9 Å². The first-order valence-corrected chi connectivity index (χ1v) is 10.7. The van der Waals surface area contributed by atoms with Crippen LogP contribution in [0, 0.1) is 0 Å². The van der Waals surface area contributed by atoms with E-state index in [-0.39, 0.29) is 23.9 Å². The van der Waals surface area contributed by atoms with Crippen LogP contribution in [0.5, 0.6) is 0 Å². The monoisotopic (exact) mass is 428 g/mol. The van der Waals surface area contributed by atoms with Crippen LogP contribution < -0.4 is 10.6 Å². The highest BCUT2D eigenvalue weighted by atomic mass is 35.5. The standard InChI is InChI=1S/C23H29ClN4O2/c1-17(19-8-4-3-5-9-19)25-23(30)18(2)28-14-12-27(13-15-28)16-22(29)26-21-11-7-6-10-20(21)24/h3-11,17-18H,12-16H2,1-2H3,(H,25,30)(H,26,29)/t17-,18-/m1/s1. The minimum Gasteiger partial charge on any atom is -0.348 e. The average Bonchev–Trinajstić information content (AvgIpc) is 2.76. The molecule has 0 saturated carbocycles. The molecule has 7 heteroatoms. The molecule has 6 nitrogen and oxygen atoms in total. The van der Waals surface area contributed by atoms with Crippen molar-refractivity contribution in [2.75, 3.05) is 38.0 Å². The van der Waals surface area contributed by atoms with Crippen LogP contribution in [-0.2, 0) is 9.59 Å². The summed E-state index contributed by atoms with van der Waals surface area (Å²) in [6, 6.07) is 16.9. The first-order chi connectivity index (χ1) is 14.4. The second-order valence-corrected chi connectivity index (χ2v) is 8.06. The smallest absolute Gasteiger partial charge is 0.238 e. The molecule has 1 aliphatic heterocycles. The Labute approximate surface area is 183 Å². The molecular weight excluding hydrogens is 400 g/mol. The van der Waals surface area contributed by atoms with Crippen LogP contribution in [0.25, 0.3) is 0 Å². The summed E-state index contributed by atoms with van der Waals surface area (Å²) >= 11 is 6.10. The maximum absolute atomic E-state index is 12.7. The molecule has 2 atom stereocenters. The first kappa shape index (κ1) is 22.3. The van der Waals surface area contributed by atoms with Crippen molar-refractivity contribution >= 4 is 29.1 Å². The number of nitrogens with one attached hydrogen (secondary N) is 2. The number of para-hydroxylation sites is 1. The van der Waals surface area contributed by atoms with Gasteiger partial charge >= 0.3 is 0 Å². The molecule has 2 N–H and O–H groups in total. The van der Waals surface area contributed by atoms with Gasteiger partial charge in [-0.15, -0.1) is 0 Å². The average molecular weight is 429 g/mol. The van der Waals surface area contributed by atoms with E-state index in [1.54, 1.807) is 12.1 Å². The van der Waals surface area contributed by atoms with E-state index in [4.69, 9.17) is 11.6 Å². The summed E-state index contributed by atoms with van der Waals surface area (Å²) < 4.78 is 0. The molecule has 2 aromatic carbocycles. The third-order valence-electron chi connectivity index (χ3n) is 5.51. The van der Waals surface area contributed by atoms with Crippen molar-refractivity contribution < 1.29 is 9.59 Å². The molecule has 0 spiro atoms. The van der Waals surface area contributed by atoms with Gasteiger partial charge in [0.25, 0.3) is 0 Å². The molecule has 0 aliphatic carbocycles. The number of rotatable bonds is 7. The topological polar surface area (TPSA) is 64.7 Å². The summed E-state index contributed by atoms with van der Waals surface area (Å²) in [5.41, 5.74) is 1.72. The van der Waals surface area contributed by atoms with E-state index in [2.05, 4.69) is 20.4 Å². The summed E-state index contributed by atoms with van der Waals surface area (Å²) in [4.78, 5) is 29.3. The zero-order valence-electron chi connectivity index (χ0n) is 17.5. The number of carbonyl (C=O) groups excluding carboxylic acids is 2. The maximum Gasteiger partial charge on any atom is 0.238 e. The van der Waals surface area contributed by atoms with Crippen molar-refractivity contribution in [3.05, 3.63) is 65.2 Å². The van der Waals surface area contributed by atoms with E-state index in [1.807, 2.05) is 56.3 Å². The van der Waals surface area contributed by atoms with Crippen molar-refractivity contribution in [3.63, 3.8) is 0 Å². The summed E-state index contributed by atoms with van der Waals surface area (Å²) in [5, 5.41) is 6.48. The molecule has 1 aliphatic rings. The molecule has 2 aromatic rings. The van der Waals surface area contributed by atoms with Crippen molar-refractivity contribution in [3.8, 4) is 0 Å².